The molecule has 0 fully saturated rings. The van der Waals surface area contributed by atoms with E-state index in [2.05, 4.69) is 19.9 Å². The first-order chi connectivity index (χ1) is 21.0. The minimum absolute atomic E-state index is 0.0109. The molecule has 0 aliphatic heterocycles. The van der Waals surface area contributed by atoms with Gasteiger partial charge in [0.25, 0.3) is 5.56 Å². The van der Waals surface area contributed by atoms with E-state index in [1.165, 1.54) is 17.4 Å². The fraction of sp³-hybridized carbons (Fsp3) is 0.125. The third-order valence-electron chi connectivity index (χ3n) is 6.69. The molecule has 5 heterocycles. The summed E-state index contributed by atoms with van der Waals surface area (Å²) < 4.78 is 12.2. The van der Waals surface area contributed by atoms with Gasteiger partial charge in [0.2, 0.25) is 0 Å². The number of thiophene rings is 1. The number of nitrogens with zero attached hydrogens (tertiary/aromatic N) is 6. The van der Waals surface area contributed by atoms with Crippen LogP contribution in [0.4, 0.5) is 0 Å². The summed E-state index contributed by atoms with van der Waals surface area (Å²) in [6.07, 6.45) is 11.9. The number of ether oxygens (including phenoxy) is 1. The van der Waals surface area contributed by atoms with Gasteiger partial charge in [0.15, 0.2) is 24.7 Å². The zero-order chi connectivity index (χ0) is 29.6. The molecule has 214 valence electrons. The number of halogens is 1. The van der Waals surface area contributed by atoms with E-state index >= 15 is 0 Å². The van der Waals surface area contributed by atoms with Gasteiger partial charge in [0.1, 0.15) is 18.0 Å². The van der Waals surface area contributed by atoms with Crippen LogP contribution < -0.4 is 14.9 Å². The first-order valence-electron chi connectivity index (χ1n) is 13.5. The van der Waals surface area contributed by atoms with Gasteiger partial charge >= 0.3 is 0 Å². The van der Waals surface area contributed by atoms with Gasteiger partial charge in [-0.25, -0.2) is 9.25 Å². The Morgan fingerprint density at radius 3 is 2.74 bits per heavy atom. The number of carbonyl (C=O) groups is 1. The van der Waals surface area contributed by atoms with Gasteiger partial charge in [0.05, 0.1) is 32.4 Å². The van der Waals surface area contributed by atoms with Crippen LogP contribution in [0.3, 0.4) is 0 Å². The first kappa shape index (κ1) is 28.2. The van der Waals surface area contributed by atoms with Crippen molar-refractivity contribution >= 4 is 28.7 Å². The second-order valence-electron chi connectivity index (χ2n) is 9.78. The van der Waals surface area contributed by atoms with Crippen LogP contribution in [0.25, 0.3) is 11.4 Å². The maximum Gasteiger partial charge on any atom is 0.255 e. The predicted octanol–water partition coefficient (Wildman–Crippen LogP) is 5.26. The summed E-state index contributed by atoms with van der Waals surface area (Å²) in [6, 6.07) is 21.9. The topological polar surface area (TPSA) is 95.8 Å². The minimum Gasteiger partial charge on any atom is -0.486 e. The Labute approximate surface area is 256 Å². The van der Waals surface area contributed by atoms with Crippen LogP contribution in [-0.2, 0) is 19.6 Å². The molecule has 0 unspecified atom stereocenters. The molecule has 0 saturated carbocycles. The molecule has 0 spiro atoms. The molecule has 5 aromatic heterocycles. The predicted molar refractivity (Wildman–Crippen MR) is 163 cm³/mol. The van der Waals surface area contributed by atoms with E-state index in [-0.39, 0.29) is 17.9 Å². The molecule has 43 heavy (non-hydrogen) atoms. The van der Waals surface area contributed by atoms with Crippen LogP contribution in [0.2, 0.25) is 4.34 Å². The number of aromatic nitrogens is 6. The average Bonchev–Trinajstić information content (AvgIpc) is 3.69. The summed E-state index contributed by atoms with van der Waals surface area (Å²) in [4.78, 5) is 29.9. The smallest absolute Gasteiger partial charge is 0.255 e. The molecule has 0 N–H and O–H groups in total. The van der Waals surface area contributed by atoms with Crippen molar-refractivity contribution in [3.63, 3.8) is 0 Å². The monoisotopic (exact) mass is 609 g/mol. The van der Waals surface area contributed by atoms with Crippen molar-refractivity contribution in [2.75, 3.05) is 0 Å². The van der Waals surface area contributed by atoms with Gasteiger partial charge in [-0.2, -0.15) is 0 Å². The third kappa shape index (κ3) is 6.94. The van der Waals surface area contributed by atoms with Crippen LogP contribution in [0, 0.1) is 0 Å². The number of hydrogen-bond donors (Lipinski definition) is 0. The Hall–Kier alpha value is -4.93. The largest absolute Gasteiger partial charge is 0.486 e. The summed E-state index contributed by atoms with van der Waals surface area (Å²) in [7, 11) is 0. The minimum atomic E-state index is -0.152. The molecule has 6 rings (SSSR count). The maximum absolute atomic E-state index is 12.6. The zero-order valence-corrected chi connectivity index (χ0v) is 24.5. The number of pyridine rings is 3. The molecule has 0 saturated heterocycles. The van der Waals surface area contributed by atoms with E-state index in [4.69, 9.17) is 16.3 Å². The highest BCUT2D eigenvalue weighted by Gasteiger charge is 2.15. The Kier molecular flexibility index (Phi) is 8.48. The third-order valence-corrected chi connectivity index (χ3v) is 7.96. The fourth-order valence-electron chi connectivity index (χ4n) is 4.58. The molecule has 6 aromatic rings. The van der Waals surface area contributed by atoms with Crippen molar-refractivity contribution in [2.24, 2.45) is 0 Å². The quantitative estimate of drug-likeness (QED) is 0.147. The van der Waals surface area contributed by atoms with E-state index in [0.29, 0.717) is 51.4 Å². The van der Waals surface area contributed by atoms with Crippen LogP contribution in [0.1, 0.15) is 32.9 Å². The molecule has 11 heteroatoms. The van der Waals surface area contributed by atoms with Gasteiger partial charge in [-0.05, 0) is 48.5 Å². The van der Waals surface area contributed by atoms with Crippen LogP contribution in [0.15, 0.2) is 115 Å². The van der Waals surface area contributed by atoms with Crippen molar-refractivity contribution in [3.8, 4) is 17.1 Å². The SMILES string of the molecule is O=C(CCc1cn(-c2ccc(-n3ccccc3=O)cc2OCc2ccc[n+](Cc3cccnc3)c2)nn1)c1ccc(Cl)s1. The number of ketones is 1. The van der Waals surface area contributed by atoms with E-state index < -0.39 is 0 Å². The first-order valence-corrected chi connectivity index (χ1v) is 14.7. The van der Waals surface area contributed by atoms with Crippen molar-refractivity contribution in [1.29, 1.82) is 0 Å². The maximum atomic E-state index is 12.6. The normalized spacial score (nSPS) is 11.0. The summed E-state index contributed by atoms with van der Waals surface area (Å²) in [5, 5.41) is 8.60. The molecule has 1 aromatic carbocycles. The summed E-state index contributed by atoms with van der Waals surface area (Å²) in [5.74, 6) is 0.536. The molecular formula is C32H26ClN6O3S+. The summed E-state index contributed by atoms with van der Waals surface area (Å²) in [6.45, 7) is 0.969. The Morgan fingerprint density at radius 2 is 1.93 bits per heavy atom. The second-order valence-corrected chi connectivity index (χ2v) is 11.5. The highest BCUT2D eigenvalue weighted by Crippen LogP contribution is 2.27. The Balaban J connectivity index is 1.24. The van der Waals surface area contributed by atoms with Gasteiger partial charge in [-0.3, -0.25) is 19.1 Å². The second kappa shape index (κ2) is 12.9. The van der Waals surface area contributed by atoms with Gasteiger partial charge in [-0.15, -0.1) is 16.4 Å². The zero-order valence-electron chi connectivity index (χ0n) is 22.9. The van der Waals surface area contributed by atoms with Gasteiger partial charge in [-0.1, -0.05) is 22.9 Å². The molecule has 0 aliphatic carbocycles. The van der Waals surface area contributed by atoms with E-state index in [1.807, 2.05) is 61.1 Å². The van der Waals surface area contributed by atoms with Gasteiger partial charge in [0, 0.05) is 55.2 Å². The van der Waals surface area contributed by atoms with E-state index in [9.17, 15) is 9.59 Å². The Bertz CT molecular complexity index is 1940. The highest BCUT2D eigenvalue weighted by atomic mass is 35.5. The molecule has 0 amide bonds. The van der Waals surface area contributed by atoms with Crippen molar-refractivity contribution in [2.45, 2.75) is 26.0 Å². The number of hydrogen-bond acceptors (Lipinski definition) is 7. The lowest BCUT2D eigenvalue weighted by Gasteiger charge is -2.14. The van der Waals surface area contributed by atoms with Crippen LogP contribution in [0.5, 0.6) is 5.75 Å². The van der Waals surface area contributed by atoms with Crippen molar-refractivity contribution in [3.05, 3.63) is 146 Å². The van der Waals surface area contributed by atoms with Gasteiger partial charge < -0.3 is 4.74 Å². The number of aryl methyl sites for hydroxylation is 1. The molecule has 0 bridgehead atoms. The molecular weight excluding hydrogens is 584 g/mol. The number of rotatable bonds is 11. The number of Topliss-reactive ketones (excluding diaryl/α,β-unsaturated/α-hetero) is 1. The molecule has 0 atom stereocenters. The van der Waals surface area contributed by atoms with E-state index in [1.54, 1.807) is 52.1 Å². The lowest BCUT2D eigenvalue weighted by molar-refractivity contribution is -0.688. The number of carbonyl (C=O) groups excluding carboxylic acids is 1. The summed E-state index contributed by atoms with van der Waals surface area (Å²) >= 11 is 7.25. The van der Waals surface area contributed by atoms with Crippen molar-refractivity contribution in [1.82, 2.24) is 24.5 Å². The number of benzene rings is 1. The lowest BCUT2D eigenvalue weighted by Crippen LogP contribution is -2.34. The van der Waals surface area contributed by atoms with Crippen LogP contribution in [-0.4, -0.2) is 30.3 Å². The standard InChI is InChI=1S/C32H26ClN6O3S/c33-31-13-12-30(43-31)28(40)11-8-25-21-39(36-35-25)27-10-9-26(38-16-2-1-7-32(38)41)17-29(27)42-22-24-6-4-15-37(20-24)19-23-5-3-14-34-18-23/h1-7,9-10,12-18,20-21H,8,11,19,22H2/q+1. The fourth-order valence-corrected chi connectivity index (χ4v) is 5.59. The van der Waals surface area contributed by atoms with E-state index in [0.717, 1.165) is 11.1 Å². The summed E-state index contributed by atoms with van der Waals surface area (Å²) in [5.41, 5.74) is 3.89. The van der Waals surface area contributed by atoms with Crippen molar-refractivity contribution < 1.29 is 14.1 Å². The van der Waals surface area contributed by atoms with Crippen LogP contribution >= 0.6 is 22.9 Å². The lowest BCUT2D eigenvalue weighted by atomic mass is 10.1. The molecule has 9 nitrogen and oxygen atoms in total. The average molecular weight is 610 g/mol. The highest BCUT2D eigenvalue weighted by molar-refractivity contribution is 7.18. The molecule has 0 aliphatic rings. The Morgan fingerprint density at radius 1 is 1.02 bits per heavy atom. The molecule has 0 radical (unpaired) electrons.